The molecule has 23 heavy (non-hydrogen) atoms. The van der Waals surface area contributed by atoms with Crippen molar-refractivity contribution in [2.24, 2.45) is 7.05 Å². The number of aryl methyl sites for hydroxylation is 1. The number of rotatable bonds is 2. The fourth-order valence-corrected chi connectivity index (χ4v) is 3.14. The number of halogens is 1. The molecule has 0 unspecified atom stereocenters. The predicted octanol–water partition coefficient (Wildman–Crippen LogP) is 2.43. The van der Waals surface area contributed by atoms with Gasteiger partial charge in [0.1, 0.15) is 23.6 Å². The van der Waals surface area contributed by atoms with Gasteiger partial charge in [0.2, 0.25) is 0 Å². The lowest BCUT2D eigenvalue weighted by Gasteiger charge is -2.36. The Bertz CT molecular complexity index is 819. The van der Waals surface area contributed by atoms with Crippen molar-refractivity contribution in [2.45, 2.75) is 0 Å². The van der Waals surface area contributed by atoms with E-state index in [-0.39, 0.29) is 5.82 Å². The molecule has 1 fully saturated rings. The highest BCUT2D eigenvalue weighted by atomic mass is 19.1. The van der Waals surface area contributed by atoms with Gasteiger partial charge in [0.05, 0.1) is 5.39 Å². The van der Waals surface area contributed by atoms with Crippen LogP contribution in [0.4, 0.5) is 15.9 Å². The van der Waals surface area contributed by atoms with E-state index in [2.05, 4.69) is 25.8 Å². The van der Waals surface area contributed by atoms with Crippen molar-refractivity contribution in [3.05, 3.63) is 48.7 Å². The number of hydrogen-bond acceptors (Lipinski definition) is 4. The molecule has 0 N–H and O–H groups in total. The Balaban J connectivity index is 1.54. The summed E-state index contributed by atoms with van der Waals surface area (Å²) in [6, 6.07) is 8.77. The first kappa shape index (κ1) is 14.0. The van der Waals surface area contributed by atoms with Crippen molar-refractivity contribution in [3.63, 3.8) is 0 Å². The molecule has 6 heteroatoms. The van der Waals surface area contributed by atoms with Crippen molar-refractivity contribution < 1.29 is 4.39 Å². The maximum Gasteiger partial charge on any atom is 0.145 e. The van der Waals surface area contributed by atoms with Crippen LogP contribution in [0.1, 0.15) is 0 Å². The van der Waals surface area contributed by atoms with E-state index in [0.29, 0.717) is 0 Å². The molecule has 0 bridgehead atoms. The lowest BCUT2D eigenvalue weighted by Crippen LogP contribution is -2.46. The van der Waals surface area contributed by atoms with Gasteiger partial charge in [-0.15, -0.1) is 0 Å². The number of fused-ring (bicyclic) bond motifs is 1. The number of anilines is 2. The molecule has 3 heterocycles. The lowest BCUT2D eigenvalue weighted by molar-refractivity contribution is 0.624. The number of aromatic nitrogens is 3. The minimum Gasteiger partial charge on any atom is -0.368 e. The number of nitrogens with zero attached hydrogens (tertiary/aromatic N) is 5. The molecule has 0 saturated carbocycles. The summed E-state index contributed by atoms with van der Waals surface area (Å²) in [6.07, 6.45) is 3.64. The van der Waals surface area contributed by atoms with Crippen molar-refractivity contribution in [1.82, 2.24) is 14.5 Å². The normalized spacial score (nSPS) is 15.4. The van der Waals surface area contributed by atoms with Crippen LogP contribution in [0, 0.1) is 5.82 Å². The summed E-state index contributed by atoms with van der Waals surface area (Å²) in [5.74, 6) is 0.800. The van der Waals surface area contributed by atoms with E-state index in [4.69, 9.17) is 0 Å². The maximum atomic E-state index is 13.0. The number of hydrogen-bond donors (Lipinski definition) is 0. The highest BCUT2D eigenvalue weighted by molar-refractivity contribution is 5.87. The largest absolute Gasteiger partial charge is 0.368 e. The van der Waals surface area contributed by atoms with E-state index < -0.39 is 0 Å². The first-order chi connectivity index (χ1) is 11.2. The van der Waals surface area contributed by atoms with Crippen LogP contribution in [0.2, 0.25) is 0 Å². The molecule has 0 radical (unpaired) electrons. The van der Waals surface area contributed by atoms with Crippen LogP contribution < -0.4 is 9.80 Å². The second-order valence-electron chi connectivity index (χ2n) is 5.81. The molecular weight excluding hydrogens is 293 g/mol. The van der Waals surface area contributed by atoms with Crippen molar-refractivity contribution in [1.29, 1.82) is 0 Å². The van der Waals surface area contributed by atoms with Gasteiger partial charge in [0.25, 0.3) is 0 Å². The van der Waals surface area contributed by atoms with Gasteiger partial charge in [-0.1, -0.05) is 0 Å². The second-order valence-corrected chi connectivity index (χ2v) is 5.81. The van der Waals surface area contributed by atoms with Crippen molar-refractivity contribution in [3.8, 4) is 0 Å². The maximum absolute atomic E-state index is 13.0. The van der Waals surface area contributed by atoms with Gasteiger partial charge in [0, 0.05) is 45.1 Å². The Kier molecular flexibility index (Phi) is 3.37. The van der Waals surface area contributed by atoms with E-state index in [1.54, 1.807) is 6.33 Å². The quantitative estimate of drug-likeness (QED) is 0.728. The third-order valence-corrected chi connectivity index (χ3v) is 4.41. The highest BCUT2D eigenvalue weighted by Gasteiger charge is 2.20. The third kappa shape index (κ3) is 2.50. The fourth-order valence-electron chi connectivity index (χ4n) is 3.14. The molecule has 3 aromatic rings. The molecule has 118 valence electrons. The van der Waals surface area contributed by atoms with Gasteiger partial charge in [-0.05, 0) is 30.3 Å². The summed E-state index contributed by atoms with van der Waals surface area (Å²) in [5.41, 5.74) is 2.02. The molecule has 1 aromatic carbocycles. The summed E-state index contributed by atoms with van der Waals surface area (Å²) in [6.45, 7) is 3.56. The molecule has 1 aliphatic rings. The molecule has 1 aliphatic heterocycles. The van der Waals surface area contributed by atoms with Crippen LogP contribution in [0.25, 0.3) is 11.0 Å². The summed E-state index contributed by atoms with van der Waals surface area (Å²) in [7, 11) is 1.99. The minimum atomic E-state index is -0.195. The molecule has 0 aliphatic carbocycles. The summed E-state index contributed by atoms with van der Waals surface area (Å²) < 4.78 is 15.1. The van der Waals surface area contributed by atoms with E-state index in [0.717, 1.165) is 48.7 Å². The van der Waals surface area contributed by atoms with Gasteiger partial charge in [-0.3, -0.25) is 0 Å². The Hall–Kier alpha value is -2.63. The Morgan fingerprint density at radius 3 is 2.35 bits per heavy atom. The van der Waals surface area contributed by atoms with Crippen LogP contribution in [0.3, 0.4) is 0 Å². The second kappa shape index (κ2) is 5.53. The molecule has 1 saturated heterocycles. The monoisotopic (exact) mass is 311 g/mol. The van der Waals surface area contributed by atoms with Gasteiger partial charge >= 0.3 is 0 Å². The lowest BCUT2D eigenvalue weighted by atomic mass is 10.2. The fraction of sp³-hybridized carbons (Fsp3) is 0.294. The van der Waals surface area contributed by atoms with E-state index in [1.807, 2.05) is 29.9 Å². The zero-order valence-corrected chi connectivity index (χ0v) is 13.0. The molecule has 2 aromatic heterocycles. The number of benzene rings is 1. The van der Waals surface area contributed by atoms with Gasteiger partial charge in [-0.25, -0.2) is 14.4 Å². The molecular formula is C17H18FN5. The Morgan fingerprint density at radius 1 is 0.913 bits per heavy atom. The average molecular weight is 311 g/mol. The summed E-state index contributed by atoms with van der Waals surface area (Å²) in [4.78, 5) is 13.4. The van der Waals surface area contributed by atoms with Crippen molar-refractivity contribution in [2.75, 3.05) is 36.0 Å². The number of piperazine rings is 1. The SMILES string of the molecule is Cn1ccc2c(N3CCN(c4ccc(F)cc4)CC3)ncnc21. The predicted molar refractivity (Wildman–Crippen MR) is 89.3 cm³/mol. The average Bonchev–Trinajstić information content (AvgIpc) is 2.97. The summed E-state index contributed by atoms with van der Waals surface area (Å²) >= 11 is 0. The Labute approximate surface area is 134 Å². The zero-order valence-electron chi connectivity index (χ0n) is 13.0. The highest BCUT2D eigenvalue weighted by Crippen LogP contribution is 2.25. The van der Waals surface area contributed by atoms with Gasteiger partial charge in [-0.2, -0.15) is 0 Å². The first-order valence-electron chi connectivity index (χ1n) is 7.74. The molecule has 4 rings (SSSR count). The topological polar surface area (TPSA) is 37.2 Å². The van der Waals surface area contributed by atoms with E-state index in [9.17, 15) is 4.39 Å². The first-order valence-corrected chi connectivity index (χ1v) is 7.74. The molecule has 0 amide bonds. The van der Waals surface area contributed by atoms with Crippen LogP contribution >= 0.6 is 0 Å². The van der Waals surface area contributed by atoms with Gasteiger partial charge < -0.3 is 14.4 Å². The van der Waals surface area contributed by atoms with E-state index >= 15 is 0 Å². The van der Waals surface area contributed by atoms with Crippen LogP contribution in [-0.2, 0) is 7.05 Å². The Morgan fingerprint density at radius 2 is 1.61 bits per heavy atom. The van der Waals surface area contributed by atoms with Crippen LogP contribution in [0.5, 0.6) is 0 Å². The van der Waals surface area contributed by atoms with Gasteiger partial charge in [0.15, 0.2) is 0 Å². The third-order valence-electron chi connectivity index (χ3n) is 4.41. The summed E-state index contributed by atoms with van der Waals surface area (Å²) in [5, 5.41) is 1.09. The molecule has 5 nitrogen and oxygen atoms in total. The van der Waals surface area contributed by atoms with Crippen LogP contribution in [0.15, 0.2) is 42.9 Å². The molecule has 0 atom stereocenters. The van der Waals surface area contributed by atoms with Crippen LogP contribution in [-0.4, -0.2) is 40.7 Å². The zero-order chi connectivity index (χ0) is 15.8. The smallest absolute Gasteiger partial charge is 0.145 e. The standard InChI is InChI=1S/C17H18FN5/c1-21-7-6-15-16(21)19-12-20-17(15)23-10-8-22(9-11-23)14-4-2-13(18)3-5-14/h2-7,12H,8-11H2,1H3. The minimum absolute atomic E-state index is 0.195. The van der Waals surface area contributed by atoms with Crippen molar-refractivity contribution >= 4 is 22.5 Å². The molecule has 0 spiro atoms. The van der Waals surface area contributed by atoms with E-state index in [1.165, 1.54) is 12.1 Å².